The van der Waals surface area contributed by atoms with Crippen LogP contribution in [0, 0.1) is 0 Å². The van der Waals surface area contributed by atoms with Gasteiger partial charge in [-0.2, -0.15) is 0 Å². The first-order chi connectivity index (χ1) is 10.3. The number of hydrogen-bond donors (Lipinski definition) is 1. The number of nitrogens with one attached hydrogen (secondary N) is 1. The average Bonchev–Trinajstić information content (AvgIpc) is 2.91. The number of hydrogen-bond acceptors (Lipinski definition) is 2. The van der Waals surface area contributed by atoms with Gasteiger partial charge in [0.1, 0.15) is 5.75 Å². The van der Waals surface area contributed by atoms with Crippen LogP contribution in [0.2, 0.25) is 5.02 Å². The molecule has 0 aliphatic heterocycles. The predicted octanol–water partition coefficient (Wildman–Crippen LogP) is 4.42. The number of anilines is 1. The Balaban J connectivity index is 1.71. The van der Waals surface area contributed by atoms with Crippen molar-refractivity contribution in [2.24, 2.45) is 0 Å². The van der Waals surface area contributed by atoms with Crippen molar-refractivity contribution in [3.8, 4) is 5.75 Å². The van der Waals surface area contributed by atoms with E-state index in [0.29, 0.717) is 0 Å². The number of fused-ring (bicyclic) bond motifs is 1. The van der Waals surface area contributed by atoms with Crippen LogP contribution in [0.5, 0.6) is 5.75 Å². The Labute approximate surface area is 129 Å². The molecule has 0 saturated carbocycles. The molecule has 108 valence electrons. The normalized spacial score (nSPS) is 10.8. The van der Waals surface area contributed by atoms with Crippen molar-refractivity contribution in [2.45, 2.75) is 6.54 Å². The molecule has 0 atom stereocenters. The summed E-state index contributed by atoms with van der Waals surface area (Å²) in [5, 5.41) is 5.27. The monoisotopic (exact) mass is 300 g/mol. The lowest BCUT2D eigenvalue weighted by Crippen LogP contribution is -2.09. The van der Waals surface area contributed by atoms with Crippen molar-refractivity contribution in [2.75, 3.05) is 19.0 Å². The second-order valence-corrected chi connectivity index (χ2v) is 5.28. The van der Waals surface area contributed by atoms with Crippen molar-refractivity contribution >= 4 is 28.2 Å². The van der Waals surface area contributed by atoms with Gasteiger partial charge < -0.3 is 14.6 Å². The van der Waals surface area contributed by atoms with Gasteiger partial charge in [0, 0.05) is 35.4 Å². The van der Waals surface area contributed by atoms with Crippen LogP contribution in [0.1, 0.15) is 0 Å². The average molecular weight is 301 g/mol. The minimum Gasteiger partial charge on any atom is -0.496 e. The fourth-order valence-corrected chi connectivity index (χ4v) is 2.68. The Morgan fingerprint density at radius 2 is 2.00 bits per heavy atom. The Bertz CT molecular complexity index is 751. The molecule has 2 aromatic carbocycles. The number of aromatic nitrogens is 1. The second-order valence-electron chi connectivity index (χ2n) is 4.84. The first kappa shape index (κ1) is 13.8. The van der Waals surface area contributed by atoms with Gasteiger partial charge in [0.05, 0.1) is 12.6 Å². The molecule has 0 saturated heterocycles. The van der Waals surface area contributed by atoms with Crippen LogP contribution in [0.4, 0.5) is 5.69 Å². The Morgan fingerprint density at radius 1 is 1.14 bits per heavy atom. The summed E-state index contributed by atoms with van der Waals surface area (Å²) < 4.78 is 7.60. The molecule has 0 aliphatic carbocycles. The van der Waals surface area contributed by atoms with E-state index in [9.17, 15) is 0 Å². The highest BCUT2D eigenvalue weighted by molar-refractivity contribution is 6.30. The molecule has 0 radical (unpaired) electrons. The molecule has 0 amide bonds. The first-order valence-corrected chi connectivity index (χ1v) is 7.27. The molecule has 0 fully saturated rings. The van der Waals surface area contributed by atoms with E-state index in [0.717, 1.165) is 34.9 Å². The van der Waals surface area contributed by atoms with Crippen LogP contribution in [-0.2, 0) is 6.54 Å². The fourth-order valence-electron chi connectivity index (χ4n) is 2.49. The van der Waals surface area contributed by atoms with Crippen LogP contribution in [0.15, 0.2) is 54.7 Å². The number of rotatable bonds is 5. The van der Waals surface area contributed by atoms with Crippen molar-refractivity contribution < 1.29 is 4.74 Å². The van der Waals surface area contributed by atoms with Crippen molar-refractivity contribution in [1.82, 2.24) is 4.57 Å². The minimum atomic E-state index is 0.746. The molecule has 0 bridgehead atoms. The Hall–Kier alpha value is -2.13. The number of halogens is 1. The lowest BCUT2D eigenvalue weighted by atomic mass is 10.2. The zero-order valence-electron chi connectivity index (χ0n) is 11.8. The zero-order chi connectivity index (χ0) is 14.7. The summed E-state index contributed by atoms with van der Waals surface area (Å²) in [6.45, 7) is 1.71. The quantitative estimate of drug-likeness (QED) is 0.755. The van der Waals surface area contributed by atoms with Crippen LogP contribution in [0.3, 0.4) is 0 Å². The van der Waals surface area contributed by atoms with Crippen molar-refractivity contribution in [3.05, 3.63) is 59.8 Å². The lowest BCUT2D eigenvalue weighted by Gasteiger charge is -2.09. The third-order valence-corrected chi connectivity index (χ3v) is 3.74. The van der Waals surface area contributed by atoms with Gasteiger partial charge in [-0.05, 0) is 36.4 Å². The van der Waals surface area contributed by atoms with Gasteiger partial charge in [-0.25, -0.2) is 0 Å². The summed E-state index contributed by atoms with van der Waals surface area (Å²) in [4.78, 5) is 0. The third-order valence-electron chi connectivity index (χ3n) is 3.50. The molecule has 1 heterocycles. The second kappa shape index (κ2) is 6.10. The lowest BCUT2D eigenvalue weighted by molar-refractivity contribution is 0.420. The van der Waals surface area contributed by atoms with Gasteiger partial charge in [-0.1, -0.05) is 23.7 Å². The predicted molar refractivity (Wildman–Crippen MR) is 88.4 cm³/mol. The summed E-state index contributed by atoms with van der Waals surface area (Å²) in [5.41, 5.74) is 2.22. The molecule has 0 spiro atoms. The summed E-state index contributed by atoms with van der Waals surface area (Å²) in [7, 11) is 1.70. The van der Waals surface area contributed by atoms with E-state index in [1.165, 1.54) is 5.52 Å². The maximum absolute atomic E-state index is 5.98. The highest BCUT2D eigenvalue weighted by Crippen LogP contribution is 2.26. The van der Waals surface area contributed by atoms with Crippen LogP contribution >= 0.6 is 11.6 Å². The molecule has 1 N–H and O–H groups in total. The van der Waals surface area contributed by atoms with E-state index in [1.54, 1.807) is 7.11 Å². The maximum atomic E-state index is 5.98. The zero-order valence-corrected chi connectivity index (χ0v) is 12.6. The molecule has 3 aromatic rings. The summed E-state index contributed by atoms with van der Waals surface area (Å²) >= 11 is 5.98. The Morgan fingerprint density at radius 3 is 2.81 bits per heavy atom. The number of benzene rings is 2. The molecule has 0 aliphatic rings. The van der Waals surface area contributed by atoms with E-state index in [2.05, 4.69) is 28.2 Å². The standard InChI is InChI=1S/C17H17ClN2O/c1-21-17-7-3-6-16-15(17)8-10-20(16)11-9-19-14-5-2-4-13(18)12-14/h2-8,10,12,19H,9,11H2,1H3. The number of methoxy groups -OCH3 is 1. The van der Waals surface area contributed by atoms with Crippen LogP contribution in [-0.4, -0.2) is 18.2 Å². The van der Waals surface area contributed by atoms with Gasteiger partial charge in [0.15, 0.2) is 0 Å². The summed E-state index contributed by atoms with van der Waals surface area (Å²) in [6, 6.07) is 16.0. The summed E-state index contributed by atoms with van der Waals surface area (Å²) in [6.07, 6.45) is 2.09. The molecule has 21 heavy (non-hydrogen) atoms. The topological polar surface area (TPSA) is 26.2 Å². The van der Waals surface area contributed by atoms with Gasteiger partial charge in [-0.3, -0.25) is 0 Å². The largest absolute Gasteiger partial charge is 0.496 e. The molecule has 3 rings (SSSR count). The first-order valence-electron chi connectivity index (χ1n) is 6.89. The SMILES string of the molecule is COc1cccc2c1ccn2CCNc1cccc(Cl)c1. The van der Waals surface area contributed by atoms with Gasteiger partial charge in [-0.15, -0.1) is 0 Å². The molecular weight excluding hydrogens is 284 g/mol. The third kappa shape index (κ3) is 2.98. The molecule has 1 aromatic heterocycles. The fraction of sp³-hybridized carbons (Fsp3) is 0.176. The van der Waals surface area contributed by atoms with E-state index >= 15 is 0 Å². The molecular formula is C17H17ClN2O. The Kier molecular flexibility index (Phi) is 4.02. The van der Waals surface area contributed by atoms with Crippen LogP contribution < -0.4 is 10.1 Å². The highest BCUT2D eigenvalue weighted by Gasteiger charge is 2.05. The van der Waals surface area contributed by atoms with E-state index in [4.69, 9.17) is 16.3 Å². The molecule has 3 nitrogen and oxygen atoms in total. The highest BCUT2D eigenvalue weighted by atomic mass is 35.5. The van der Waals surface area contributed by atoms with Crippen molar-refractivity contribution in [3.63, 3.8) is 0 Å². The number of ether oxygens (including phenoxy) is 1. The van der Waals surface area contributed by atoms with Gasteiger partial charge in [0.2, 0.25) is 0 Å². The van der Waals surface area contributed by atoms with E-state index < -0.39 is 0 Å². The van der Waals surface area contributed by atoms with Gasteiger partial charge >= 0.3 is 0 Å². The maximum Gasteiger partial charge on any atom is 0.128 e. The van der Waals surface area contributed by atoms with Crippen LogP contribution in [0.25, 0.3) is 10.9 Å². The van der Waals surface area contributed by atoms with Gasteiger partial charge in [0.25, 0.3) is 0 Å². The number of nitrogens with zero attached hydrogens (tertiary/aromatic N) is 1. The summed E-state index contributed by atoms with van der Waals surface area (Å²) in [5.74, 6) is 0.911. The smallest absolute Gasteiger partial charge is 0.128 e. The van der Waals surface area contributed by atoms with Crippen molar-refractivity contribution in [1.29, 1.82) is 0 Å². The minimum absolute atomic E-state index is 0.746. The molecule has 4 heteroatoms. The molecule has 0 unspecified atom stereocenters. The van der Waals surface area contributed by atoms with E-state index in [1.807, 2.05) is 36.4 Å². The van der Waals surface area contributed by atoms with E-state index in [-0.39, 0.29) is 0 Å².